The molecule has 0 fully saturated rings. The molecule has 2 N–H and O–H groups in total. The van der Waals surface area contributed by atoms with Crippen molar-refractivity contribution in [1.29, 1.82) is 0 Å². The number of halogens is 1. The van der Waals surface area contributed by atoms with Gasteiger partial charge in [0, 0.05) is 34.0 Å². The van der Waals surface area contributed by atoms with E-state index in [1.165, 1.54) is 0 Å². The van der Waals surface area contributed by atoms with Crippen molar-refractivity contribution in [2.45, 2.75) is 38.0 Å². The average Bonchev–Trinajstić information content (AvgIpc) is 2.96. The zero-order valence-electron chi connectivity index (χ0n) is 16.1. The maximum Gasteiger partial charge on any atom is 0.211 e. The van der Waals surface area contributed by atoms with Crippen LogP contribution in [0.15, 0.2) is 59.8 Å². The lowest BCUT2D eigenvalue weighted by atomic mass is 9.72. The van der Waals surface area contributed by atoms with Gasteiger partial charge in [-0.2, -0.15) is 0 Å². The number of benzene rings is 2. The molecule has 5 nitrogen and oxygen atoms in total. The van der Waals surface area contributed by atoms with Crippen LogP contribution in [-0.4, -0.2) is 27.4 Å². The number of nitrogens with zero attached hydrogens (tertiary/aromatic N) is 1. The van der Waals surface area contributed by atoms with Crippen molar-refractivity contribution in [3.63, 3.8) is 0 Å². The lowest BCUT2D eigenvalue weighted by Crippen LogP contribution is -2.58. The molecule has 5 rings (SSSR count). The summed E-state index contributed by atoms with van der Waals surface area (Å²) in [4.78, 5) is 28.1. The second-order valence-electron chi connectivity index (χ2n) is 8.83. The van der Waals surface area contributed by atoms with Gasteiger partial charge in [-0.3, -0.25) is 9.59 Å². The smallest absolute Gasteiger partial charge is 0.211 e. The molecule has 2 aromatic rings. The highest BCUT2D eigenvalue weighted by molar-refractivity contribution is 6.30. The van der Waals surface area contributed by atoms with Crippen LogP contribution in [0.5, 0.6) is 0 Å². The summed E-state index contributed by atoms with van der Waals surface area (Å²) in [5.41, 5.74) is -3.25. The van der Waals surface area contributed by atoms with Gasteiger partial charge in [0.15, 0.2) is 5.78 Å². The number of rotatable bonds is 1. The first-order valence-electron chi connectivity index (χ1n) is 9.53. The molecule has 0 amide bonds. The monoisotopic (exact) mass is 409 g/mol. The van der Waals surface area contributed by atoms with Crippen LogP contribution in [0.25, 0.3) is 0 Å². The molecule has 0 aromatic heterocycles. The van der Waals surface area contributed by atoms with Crippen LogP contribution in [0, 0.1) is 5.41 Å². The summed E-state index contributed by atoms with van der Waals surface area (Å²) in [7, 11) is 0. The summed E-state index contributed by atoms with van der Waals surface area (Å²) in [6.45, 7) is 3.93. The standard InChI is InChI=1S/C23H20ClNO4/c1-21(2)11-17-19(18(26)12-21)22(28)20(27)15-5-3-4-6-16(15)23(22,29)25(17)14-9-7-13(24)8-10-14/h3-10,28-29H,11-12H2,1-2H3/t22-,23+/m0/s1. The van der Waals surface area contributed by atoms with Gasteiger partial charge in [-0.05, 0) is 36.1 Å². The number of carbonyl (C=O) groups excluding carboxylic acids is 2. The van der Waals surface area contributed by atoms with E-state index in [0.717, 1.165) is 0 Å². The summed E-state index contributed by atoms with van der Waals surface area (Å²) in [5, 5.41) is 24.3. The Balaban J connectivity index is 1.86. The van der Waals surface area contributed by atoms with E-state index >= 15 is 0 Å². The lowest BCUT2D eigenvalue weighted by Gasteiger charge is -2.41. The fourth-order valence-electron chi connectivity index (χ4n) is 5.12. The largest absolute Gasteiger partial charge is 0.372 e. The Bertz CT molecular complexity index is 1120. The number of anilines is 1. The molecular weight excluding hydrogens is 390 g/mol. The number of carbonyl (C=O) groups is 2. The van der Waals surface area contributed by atoms with Crippen molar-refractivity contribution >= 4 is 28.9 Å². The Kier molecular flexibility index (Phi) is 3.56. The van der Waals surface area contributed by atoms with Crippen LogP contribution >= 0.6 is 11.6 Å². The molecule has 0 saturated carbocycles. The maximum absolute atomic E-state index is 13.4. The van der Waals surface area contributed by atoms with Crippen molar-refractivity contribution in [3.8, 4) is 0 Å². The highest BCUT2D eigenvalue weighted by Crippen LogP contribution is 2.61. The molecule has 2 atom stereocenters. The van der Waals surface area contributed by atoms with Crippen molar-refractivity contribution in [3.05, 3.63) is 76.0 Å². The Morgan fingerprint density at radius 2 is 1.62 bits per heavy atom. The highest BCUT2D eigenvalue weighted by atomic mass is 35.5. The molecule has 0 bridgehead atoms. The highest BCUT2D eigenvalue weighted by Gasteiger charge is 2.74. The first-order valence-corrected chi connectivity index (χ1v) is 9.91. The number of ketones is 2. The third kappa shape index (κ3) is 2.13. The Hall–Kier alpha value is -2.47. The number of fused-ring (bicyclic) bond motifs is 4. The van der Waals surface area contributed by atoms with Crippen LogP contribution in [-0.2, 0) is 10.5 Å². The van der Waals surface area contributed by atoms with E-state index < -0.39 is 17.1 Å². The van der Waals surface area contributed by atoms with Gasteiger partial charge < -0.3 is 15.1 Å². The fourth-order valence-corrected chi connectivity index (χ4v) is 5.25. The quantitative estimate of drug-likeness (QED) is 0.752. The number of aliphatic hydroxyl groups is 2. The van der Waals surface area contributed by atoms with E-state index in [4.69, 9.17) is 11.6 Å². The van der Waals surface area contributed by atoms with Gasteiger partial charge in [0.25, 0.3) is 0 Å². The summed E-state index contributed by atoms with van der Waals surface area (Å²) < 4.78 is 0. The van der Waals surface area contributed by atoms with Crippen LogP contribution in [0.4, 0.5) is 5.69 Å². The molecule has 0 saturated heterocycles. The lowest BCUT2D eigenvalue weighted by molar-refractivity contribution is -0.124. The van der Waals surface area contributed by atoms with Gasteiger partial charge >= 0.3 is 0 Å². The van der Waals surface area contributed by atoms with E-state index in [2.05, 4.69) is 0 Å². The number of allylic oxidation sites excluding steroid dienone is 1. The van der Waals surface area contributed by atoms with Crippen molar-refractivity contribution < 1.29 is 19.8 Å². The molecule has 1 aliphatic heterocycles. The van der Waals surface area contributed by atoms with Crippen LogP contribution in [0.2, 0.25) is 5.02 Å². The van der Waals surface area contributed by atoms with E-state index in [0.29, 0.717) is 28.4 Å². The van der Waals surface area contributed by atoms with E-state index in [9.17, 15) is 19.8 Å². The zero-order valence-corrected chi connectivity index (χ0v) is 16.8. The number of hydrogen-bond donors (Lipinski definition) is 2. The zero-order chi connectivity index (χ0) is 20.8. The Labute approximate surface area is 173 Å². The second kappa shape index (κ2) is 5.57. The second-order valence-corrected chi connectivity index (χ2v) is 9.27. The molecule has 0 radical (unpaired) electrons. The van der Waals surface area contributed by atoms with Gasteiger partial charge in [0.1, 0.15) is 0 Å². The topological polar surface area (TPSA) is 77.8 Å². The predicted octanol–water partition coefficient (Wildman–Crippen LogP) is 3.58. The van der Waals surface area contributed by atoms with Gasteiger partial charge in [-0.15, -0.1) is 0 Å². The van der Waals surface area contributed by atoms with Crippen molar-refractivity contribution in [2.75, 3.05) is 4.90 Å². The van der Waals surface area contributed by atoms with Crippen LogP contribution in [0.3, 0.4) is 0 Å². The fraction of sp³-hybridized carbons (Fsp3) is 0.304. The van der Waals surface area contributed by atoms with E-state index in [-0.39, 0.29) is 28.8 Å². The summed E-state index contributed by atoms with van der Waals surface area (Å²) in [6, 6.07) is 13.4. The Morgan fingerprint density at radius 1 is 0.966 bits per heavy atom. The van der Waals surface area contributed by atoms with Crippen LogP contribution in [0.1, 0.15) is 42.6 Å². The first-order chi connectivity index (χ1) is 13.6. The first kappa shape index (κ1) is 18.6. The number of Topliss-reactive ketones (excluding diaryl/α,β-unsaturated/α-hetero) is 2. The molecule has 148 valence electrons. The van der Waals surface area contributed by atoms with Gasteiger partial charge in [-0.25, -0.2) is 0 Å². The minimum atomic E-state index is -2.35. The maximum atomic E-state index is 13.4. The SMILES string of the molecule is CC1(C)CC(=O)C2=C(C1)N(c1ccc(Cl)cc1)[C@@]1(O)c3ccccc3C(=O)[C@@]21O. The molecular formula is C23H20ClNO4. The van der Waals surface area contributed by atoms with Gasteiger partial charge in [0.2, 0.25) is 17.1 Å². The molecule has 0 unspecified atom stereocenters. The number of hydrogen-bond acceptors (Lipinski definition) is 5. The summed E-state index contributed by atoms with van der Waals surface area (Å²) >= 11 is 6.05. The molecule has 3 aliphatic rings. The van der Waals surface area contributed by atoms with Gasteiger partial charge in [0.05, 0.1) is 5.57 Å². The third-order valence-electron chi connectivity index (χ3n) is 6.27. The molecule has 6 heteroatoms. The minimum Gasteiger partial charge on any atom is -0.372 e. The van der Waals surface area contributed by atoms with Crippen molar-refractivity contribution in [1.82, 2.24) is 0 Å². The predicted molar refractivity (Wildman–Crippen MR) is 109 cm³/mol. The molecule has 2 aliphatic carbocycles. The summed E-state index contributed by atoms with van der Waals surface area (Å²) in [6.07, 6.45) is 0.638. The molecule has 1 heterocycles. The molecule has 2 aromatic carbocycles. The van der Waals surface area contributed by atoms with Crippen LogP contribution < -0.4 is 4.90 Å². The van der Waals surface area contributed by atoms with E-state index in [1.807, 2.05) is 13.8 Å². The van der Waals surface area contributed by atoms with E-state index in [1.54, 1.807) is 53.4 Å². The van der Waals surface area contributed by atoms with Gasteiger partial charge in [-0.1, -0.05) is 49.7 Å². The molecule has 29 heavy (non-hydrogen) atoms. The minimum absolute atomic E-state index is 0.00970. The third-order valence-corrected chi connectivity index (χ3v) is 6.53. The average molecular weight is 410 g/mol. The van der Waals surface area contributed by atoms with Crippen molar-refractivity contribution in [2.24, 2.45) is 5.41 Å². The Morgan fingerprint density at radius 3 is 2.31 bits per heavy atom. The normalized spacial score (nSPS) is 29.8. The summed E-state index contributed by atoms with van der Waals surface area (Å²) in [5.74, 6) is -0.956. The molecule has 0 spiro atoms.